The van der Waals surface area contributed by atoms with Gasteiger partial charge in [0.15, 0.2) is 0 Å². The first-order valence-corrected chi connectivity index (χ1v) is 9.75. The van der Waals surface area contributed by atoms with Crippen LogP contribution in [0.5, 0.6) is 0 Å². The highest BCUT2D eigenvalue weighted by molar-refractivity contribution is 6.42. The Morgan fingerprint density at radius 3 is 2.54 bits per heavy atom. The van der Waals surface area contributed by atoms with E-state index >= 15 is 0 Å². The van der Waals surface area contributed by atoms with Crippen molar-refractivity contribution in [1.82, 2.24) is 9.80 Å². The largest absolute Gasteiger partial charge is 0.341 e. The van der Waals surface area contributed by atoms with E-state index in [1.807, 2.05) is 18.0 Å². The summed E-state index contributed by atoms with van der Waals surface area (Å²) in [7, 11) is 1.97. The highest BCUT2D eigenvalue weighted by Gasteiger charge is 2.35. The van der Waals surface area contributed by atoms with E-state index < -0.39 is 0 Å². The summed E-state index contributed by atoms with van der Waals surface area (Å²) in [6.07, 6.45) is 7.82. The van der Waals surface area contributed by atoms with E-state index in [4.69, 9.17) is 23.2 Å². The maximum atomic E-state index is 12.8. The van der Waals surface area contributed by atoms with Crippen molar-refractivity contribution < 1.29 is 4.79 Å². The standard InChI is InChI=1S/C19H26Cl2N2O/c1-22(19(24)13-14-8-9-15(20)16(21)12-14)17-6-2-3-7-18(17)23-10-4-5-11-23/h8-9,12,17-18H,2-7,10-11,13H2,1H3/t17-,18+/m1/s1. The molecule has 0 bridgehead atoms. The maximum Gasteiger partial charge on any atom is 0.227 e. The normalized spacial score (nSPS) is 25.0. The second-order valence-corrected chi connectivity index (χ2v) is 7.91. The van der Waals surface area contributed by atoms with Gasteiger partial charge in [-0.05, 0) is 56.5 Å². The lowest BCUT2D eigenvalue weighted by molar-refractivity contribution is -0.133. The molecule has 0 spiro atoms. The van der Waals surface area contributed by atoms with Crippen LogP contribution in [-0.2, 0) is 11.2 Å². The third-order valence-electron chi connectivity index (χ3n) is 5.53. The number of carbonyl (C=O) groups excluding carboxylic acids is 1. The smallest absolute Gasteiger partial charge is 0.227 e. The number of nitrogens with zero attached hydrogens (tertiary/aromatic N) is 2. The van der Waals surface area contributed by atoms with Crippen LogP contribution in [0.15, 0.2) is 18.2 Å². The lowest BCUT2D eigenvalue weighted by Gasteiger charge is -2.42. The Morgan fingerprint density at radius 1 is 1.12 bits per heavy atom. The van der Waals surface area contributed by atoms with Gasteiger partial charge in [-0.3, -0.25) is 9.69 Å². The molecule has 1 aliphatic heterocycles. The molecule has 1 amide bonds. The maximum absolute atomic E-state index is 12.8. The van der Waals surface area contributed by atoms with Gasteiger partial charge in [0.1, 0.15) is 0 Å². The number of amides is 1. The van der Waals surface area contributed by atoms with Crippen LogP contribution in [0.25, 0.3) is 0 Å². The Kier molecular flexibility index (Phi) is 6.07. The zero-order chi connectivity index (χ0) is 17.1. The molecule has 0 aromatic heterocycles. The lowest BCUT2D eigenvalue weighted by Crippen LogP contribution is -2.53. The number of rotatable bonds is 4. The second-order valence-electron chi connectivity index (χ2n) is 7.09. The molecule has 0 radical (unpaired) electrons. The molecule has 1 saturated heterocycles. The van der Waals surface area contributed by atoms with Crippen LogP contribution in [0.2, 0.25) is 10.0 Å². The van der Waals surface area contributed by atoms with Crippen molar-refractivity contribution >= 4 is 29.1 Å². The van der Waals surface area contributed by atoms with E-state index in [-0.39, 0.29) is 5.91 Å². The van der Waals surface area contributed by atoms with E-state index in [9.17, 15) is 4.79 Å². The van der Waals surface area contributed by atoms with Crippen LogP contribution in [-0.4, -0.2) is 47.9 Å². The summed E-state index contributed by atoms with van der Waals surface area (Å²) in [6.45, 7) is 2.38. The number of benzene rings is 1. The minimum absolute atomic E-state index is 0.171. The first kappa shape index (κ1) is 18.0. The van der Waals surface area contributed by atoms with Crippen LogP contribution in [0.1, 0.15) is 44.1 Å². The van der Waals surface area contributed by atoms with Crippen LogP contribution in [0.4, 0.5) is 0 Å². The van der Waals surface area contributed by atoms with E-state index in [1.165, 1.54) is 45.2 Å². The zero-order valence-corrected chi connectivity index (χ0v) is 15.8. The topological polar surface area (TPSA) is 23.6 Å². The Bertz CT molecular complexity index is 587. The molecule has 2 aliphatic rings. The van der Waals surface area contributed by atoms with Crippen molar-refractivity contribution in [3.8, 4) is 0 Å². The van der Waals surface area contributed by atoms with Crippen LogP contribution in [0, 0.1) is 0 Å². The molecule has 1 heterocycles. The van der Waals surface area contributed by atoms with Crippen molar-refractivity contribution in [2.75, 3.05) is 20.1 Å². The number of hydrogen-bond acceptors (Lipinski definition) is 2. The number of likely N-dealkylation sites (N-methyl/N-ethyl adjacent to an activating group) is 1. The Labute approximate surface area is 154 Å². The molecule has 24 heavy (non-hydrogen) atoms. The fraction of sp³-hybridized carbons (Fsp3) is 0.632. The van der Waals surface area contributed by atoms with Gasteiger partial charge in [0, 0.05) is 19.1 Å². The molecule has 5 heteroatoms. The van der Waals surface area contributed by atoms with Gasteiger partial charge < -0.3 is 4.90 Å². The summed E-state index contributed by atoms with van der Waals surface area (Å²) in [5.74, 6) is 0.171. The van der Waals surface area contributed by atoms with E-state index in [0.717, 1.165) is 12.0 Å². The molecule has 1 aromatic carbocycles. The number of halogens is 2. The Balaban J connectivity index is 1.67. The van der Waals surface area contributed by atoms with Gasteiger partial charge in [0.05, 0.1) is 16.5 Å². The molecule has 2 atom stereocenters. The summed E-state index contributed by atoms with van der Waals surface area (Å²) >= 11 is 12.0. The van der Waals surface area contributed by atoms with E-state index in [2.05, 4.69) is 4.90 Å². The summed E-state index contributed by atoms with van der Waals surface area (Å²) in [5.41, 5.74) is 0.926. The van der Waals surface area contributed by atoms with Gasteiger partial charge in [0.2, 0.25) is 5.91 Å². The summed E-state index contributed by atoms with van der Waals surface area (Å²) in [6, 6.07) is 6.32. The average molecular weight is 369 g/mol. The number of likely N-dealkylation sites (tertiary alicyclic amines) is 1. The molecule has 1 aromatic rings. The molecule has 2 fully saturated rings. The molecular formula is C19H26Cl2N2O. The first-order valence-electron chi connectivity index (χ1n) is 9.00. The Morgan fingerprint density at radius 2 is 1.83 bits per heavy atom. The molecule has 0 unspecified atom stereocenters. The summed E-state index contributed by atoms with van der Waals surface area (Å²) in [4.78, 5) is 17.4. The fourth-order valence-corrected chi connectivity index (χ4v) is 4.50. The fourth-order valence-electron chi connectivity index (χ4n) is 4.18. The van der Waals surface area contributed by atoms with Gasteiger partial charge in [-0.1, -0.05) is 42.1 Å². The summed E-state index contributed by atoms with van der Waals surface area (Å²) in [5, 5.41) is 1.04. The minimum Gasteiger partial charge on any atom is -0.341 e. The third kappa shape index (κ3) is 4.07. The van der Waals surface area contributed by atoms with Crippen molar-refractivity contribution in [2.45, 2.75) is 57.0 Å². The first-order chi connectivity index (χ1) is 11.6. The highest BCUT2D eigenvalue weighted by Crippen LogP contribution is 2.29. The van der Waals surface area contributed by atoms with Crippen molar-refractivity contribution in [2.24, 2.45) is 0 Å². The van der Waals surface area contributed by atoms with Crippen LogP contribution < -0.4 is 0 Å². The number of carbonyl (C=O) groups is 1. The van der Waals surface area contributed by atoms with Crippen molar-refractivity contribution in [3.05, 3.63) is 33.8 Å². The highest BCUT2D eigenvalue weighted by atomic mass is 35.5. The van der Waals surface area contributed by atoms with E-state index in [0.29, 0.717) is 28.5 Å². The summed E-state index contributed by atoms with van der Waals surface area (Å²) < 4.78 is 0. The predicted octanol–water partition coefficient (Wildman–Crippen LogP) is 4.40. The Hall–Kier alpha value is -0.770. The predicted molar refractivity (Wildman–Crippen MR) is 99.8 cm³/mol. The quantitative estimate of drug-likeness (QED) is 0.785. The molecular weight excluding hydrogens is 343 g/mol. The molecule has 3 rings (SSSR count). The van der Waals surface area contributed by atoms with Crippen molar-refractivity contribution in [3.63, 3.8) is 0 Å². The third-order valence-corrected chi connectivity index (χ3v) is 6.27. The molecule has 0 N–H and O–H groups in total. The van der Waals surface area contributed by atoms with E-state index in [1.54, 1.807) is 12.1 Å². The zero-order valence-electron chi connectivity index (χ0n) is 14.3. The molecule has 1 aliphatic carbocycles. The SMILES string of the molecule is CN(C(=O)Cc1ccc(Cl)c(Cl)c1)[C@@H]1CCCC[C@@H]1N1CCCC1. The molecule has 3 nitrogen and oxygen atoms in total. The average Bonchev–Trinajstić information content (AvgIpc) is 3.12. The van der Waals surface area contributed by atoms with Crippen molar-refractivity contribution in [1.29, 1.82) is 0 Å². The monoisotopic (exact) mass is 368 g/mol. The van der Waals surface area contributed by atoms with Gasteiger partial charge in [-0.15, -0.1) is 0 Å². The molecule has 1 saturated carbocycles. The van der Waals surface area contributed by atoms with Gasteiger partial charge in [0.25, 0.3) is 0 Å². The molecule has 132 valence electrons. The van der Waals surface area contributed by atoms with Crippen LogP contribution in [0.3, 0.4) is 0 Å². The van der Waals surface area contributed by atoms with Gasteiger partial charge in [-0.2, -0.15) is 0 Å². The second kappa shape index (κ2) is 8.07. The lowest BCUT2D eigenvalue weighted by atomic mass is 9.88. The van der Waals surface area contributed by atoms with Crippen LogP contribution >= 0.6 is 23.2 Å². The number of hydrogen-bond donors (Lipinski definition) is 0. The van der Waals surface area contributed by atoms with Gasteiger partial charge >= 0.3 is 0 Å². The minimum atomic E-state index is 0.171. The van der Waals surface area contributed by atoms with Gasteiger partial charge in [-0.25, -0.2) is 0 Å².